The van der Waals surface area contributed by atoms with Crippen molar-refractivity contribution in [2.24, 2.45) is 0 Å². The van der Waals surface area contributed by atoms with Gasteiger partial charge < -0.3 is 10.1 Å². The van der Waals surface area contributed by atoms with Crippen molar-refractivity contribution in [3.63, 3.8) is 0 Å². The molecule has 0 spiro atoms. The second kappa shape index (κ2) is 10.8. The van der Waals surface area contributed by atoms with Crippen LogP contribution >= 0.6 is 22.9 Å². The molecule has 2 heterocycles. The molecule has 1 fully saturated rings. The number of ether oxygens (including phenoxy) is 1. The van der Waals surface area contributed by atoms with E-state index >= 15 is 0 Å². The summed E-state index contributed by atoms with van der Waals surface area (Å²) in [6, 6.07) is 8.96. The Kier molecular flexibility index (Phi) is 8.26. The van der Waals surface area contributed by atoms with Gasteiger partial charge in [-0.05, 0) is 42.3 Å². The molecule has 12 heteroatoms. The summed E-state index contributed by atoms with van der Waals surface area (Å²) < 4.78 is 48.8. The summed E-state index contributed by atoms with van der Waals surface area (Å²) in [6.45, 7) is -0.0355. The fourth-order valence-corrected chi connectivity index (χ4v) is 6.00. The van der Waals surface area contributed by atoms with E-state index in [1.54, 1.807) is 35.8 Å². The van der Waals surface area contributed by atoms with Gasteiger partial charge in [-0.1, -0.05) is 31.2 Å². The first kappa shape index (κ1) is 26.0. The molecule has 0 bridgehead atoms. The highest BCUT2D eigenvalue weighted by Crippen LogP contribution is 2.32. The predicted molar refractivity (Wildman–Crippen MR) is 131 cm³/mol. The van der Waals surface area contributed by atoms with E-state index in [2.05, 4.69) is 15.0 Å². The van der Waals surface area contributed by atoms with Gasteiger partial charge in [-0.25, -0.2) is 9.37 Å². The number of hydrogen-bond acceptors (Lipinski definition) is 6. The van der Waals surface area contributed by atoms with Crippen molar-refractivity contribution < 1.29 is 22.3 Å². The van der Waals surface area contributed by atoms with E-state index in [0.29, 0.717) is 16.3 Å². The van der Waals surface area contributed by atoms with E-state index in [-0.39, 0.29) is 31.1 Å². The van der Waals surface area contributed by atoms with Crippen LogP contribution in [0.5, 0.6) is 5.75 Å². The zero-order chi connectivity index (χ0) is 23.6. The minimum atomic E-state index is -4.04. The van der Waals surface area contributed by atoms with Crippen LogP contribution in [0.15, 0.2) is 54.0 Å². The topological polar surface area (TPSA) is 101 Å². The first-order valence-electron chi connectivity index (χ1n) is 9.84. The van der Waals surface area contributed by atoms with E-state index in [9.17, 15) is 17.6 Å². The Morgan fingerprint density at radius 2 is 2.06 bits per heavy atom. The summed E-state index contributed by atoms with van der Waals surface area (Å²) in [4.78, 5) is 17.4. The number of carbonyl (C=O) groups excluding carboxylic acids is 1. The molecular formula is C22H24ClFN4O4S2. The molecule has 2 unspecified atom stereocenters. The Morgan fingerprint density at radius 3 is 2.68 bits per heavy atom. The summed E-state index contributed by atoms with van der Waals surface area (Å²) in [5, 5.41) is 4.80. The van der Waals surface area contributed by atoms with Gasteiger partial charge in [-0.3, -0.25) is 4.79 Å². The lowest BCUT2D eigenvalue weighted by Gasteiger charge is -2.37. The molecule has 1 aromatic heterocycles. The van der Waals surface area contributed by atoms with E-state index in [4.69, 9.17) is 16.3 Å². The number of methoxy groups -OCH3 is 1. The molecule has 1 aliphatic heterocycles. The molecule has 182 valence electrons. The highest BCUT2D eigenvalue weighted by atomic mass is 35.5. The highest BCUT2D eigenvalue weighted by molar-refractivity contribution is 7.87. The average molecular weight is 527 g/mol. The van der Waals surface area contributed by atoms with Crippen LogP contribution in [-0.2, 0) is 21.5 Å². The van der Waals surface area contributed by atoms with Crippen LogP contribution in [0.25, 0.3) is 0 Å². The number of nitrogens with zero attached hydrogens (tertiary/aromatic N) is 2. The van der Waals surface area contributed by atoms with Gasteiger partial charge in [0.05, 0.1) is 18.2 Å². The minimum absolute atomic E-state index is 0. The number of hydrogen-bond donors (Lipinski definition) is 2. The van der Waals surface area contributed by atoms with Gasteiger partial charge in [-0.2, -0.15) is 17.4 Å². The van der Waals surface area contributed by atoms with Gasteiger partial charge >= 0.3 is 0 Å². The Hall–Kier alpha value is -2.57. The molecule has 1 aliphatic rings. The maximum absolute atomic E-state index is 13.5. The maximum Gasteiger partial charge on any atom is 0.281 e. The molecule has 2 atom stereocenters. The van der Waals surface area contributed by atoms with Crippen molar-refractivity contribution in [1.29, 1.82) is 0 Å². The molecule has 2 aromatic carbocycles. The van der Waals surface area contributed by atoms with Gasteiger partial charge in [0.25, 0.3) is 10.2 Å². The Bertz CT molecular complexity index is 1240. The van der Waals surface area contributed by atoms with Gasteiger partial charge in [0, 0.05) is 23.8 Å². The van der Waals surface area contributed by atoms with E-state index in [0.717, 1.165) is 10.4 Å². The Labute approximate surface area is 206 Å². The lowest BCUT2D eigenvalue weighted by Crippen LogP contribution is -2.57. The molecular weight excluding hydrogens is 503 g/mol. The number of thiazole rings is 1. The monoisotopic (exact) mass is 526 g/mol. The fraction of sp³-hybridized carbons (Fsp3) is 0.273. The number of rotatable bonds is 6. The number of benzene rings is 2. The first-order valence-corrected chi connectivity index (χ1v) is 12.5. The molecule has 2 N–H and O–H groups in total. The Balaban J connectivity index is 0.00000324. The van der Waals surface area contributed by atoms with Crippen LogP contribution in [0.3, 0.4) is 0 Å². The molecule has 1 saturated heterocycles. The summed E-state index contributed by atoms with van der Waals surface area (Å²) in [5.41, 5.74) is 0.939. The maximum atomic E-state index is 13.5. The van der Waals surface area contributed by atoms with Gasteiger partial charge in [0.1, 0.15) is 22.6 Å². The molecule has 0 saturated carbocycles. The summed E-state index contributed by atoms with van der Waals surface area (Å²) >= 11 is 7.12. The van der Waals surface area contributed by atoms with Gasteiger partial charge in [0.2, 0.25) is 5.91 Å². The zero-order valence-corrected chi connectivity index (χ0v) is 19.8. The molecule has 8 nitrogen and oxygen atoms in total. The average Bonchev–Trinajstić information content (AvgIpc) is 3.33. The third kappa shape index (κ3) is 5.73. The smallest absolute Gasteiger partial charge is 0.281 e. The zero-order valence-electron chi connectivity index (χ0n) is 17.4. The molecule has 1 amide bonds. The van der Waals surface area contributed by atoms with Crippen molar-refractivity contribution in [3.05, 3.63) is 75.5 Å². The third-order valence-corrected chi connectivity index (χ3v) is 7.91. The number of aromatic nitrogens is 1. The van der Waals surface area contributed by atoms with Crippen molar-refractivity contribution in [3.8, 4) is 5.75 Å². The minimum Gasteiger partial charge on any atom is -0.497 e. The van der Waals surface area contributed by atoms with Gasteiger partial charge in [0.15, 0.2) is 0 Å². The number of anilines is 1. The second-order valence-corrected chi connectivity index (χ2v) is 10.3. The molecule has 0 aliphatic carbocycles. The third-order valence-electron chi connectivity index (χ3n) is 5.14. The van der Waals surface area contributed by atoms with Crippen molar-refractivity contribution >= 4 is 44.7 Å². The summed E-state index contributed by atoms with van der Waals surface area (Å²) in [5.74, 6) is -0.549. The normalized spacial score (nSPS) is 19.7. The van der Waals surface area contributed by atoms with Crippen LogP contribution in [-0.4, -0.2) is 36.8 Å². The van der Waals surface area contributed by atoms with Crippen LogP contribution in [0.2, 0.25) is 5.02 Å². The molecule has 34 heavy (non-hydrogen) atoms. The van der Waals surface area contributed by atoms with Crippen molar-refractivity contribution in [2.75, 3.05) is 12.4 Å². The van der Waals surface area contributed by atoms with Crippen LogP contribution < -0.4 is 14.8 Å². The predicted octanol–water partition coefficient (Wildman–Crippen LogP) is 4.37. The number of amides is 1. The largest absolute Gasteiger partial charge is 0.497 e. The van der Waals surface area contributed by atoms with Crippen molar-refractivity contribution in [1.82, 2.24) is 14.0 Å². The number of carbonyl (C=O) groups is 1. The van der Waals surface area contributed by atoms with Crippen LogP contribution in [0, 0.1) is 5.82 Å². The molecule has 3 aromatic rings. The summed E-state index contributed by atoms with van der Waals surface area (Å²) in [6.07, 6.45) is 1.73. The van der Waals surface area contributed by atoms with Crippen molar-refractivity contribution in [2.45, 2.75) is 32.5 Å². The standard InChI is InChI=1S/C21H20ClFN4O4S2.CH4/c1-31-15-5-2-13(3-6-15)12-27-19(20(28)25-14-4-7-17(23)16(22)10-14)11-18(26-33(27,29)30)21-24-8-9-32-21;/h2-10,18-19,26H,11-12H2,1H3,(H,25,28);1H4. The number of halogens is 2. The van der Waals surface area contributed by atoms with Crippen LogP contribution in [0.4, 0.5) is 10.1 Å². The highest BCUT2D eigenvalue weighted by Gasteiger charge is 2.43. The second-order valence-electron chi connectivity index (χ2n) is 7.31. The van der Waals surface area contributed by atoms with E-state index in [1.165, 1.54) is 30.6 Å². The van der Waals surface area contributed by atoms with E-state index in [1.807, 2.05) is 0 Å². The molecule has 4 rings (SSSR count). The SMILES string of the molecule is C.COc1ccc(CN2C(C(=O)Nc3ccc(F)c(Cl)c3)CC(c3nccs3)NS2(=O)=O)cc1. The first-order chi connectivity index (χ1) is 15.8. The Morgan fingerprint density at radius 1 is 1.32 bits per heavy atom. The van der Waals surface area contributed by atoms with E-state index < -0.39 is 34.0 Å². The molecule has 0 radical (unpaired) electrons. The quantitative estimate of drug-likeness (QED) is 0.497. The fourth-order valence-electron chi connectivity index (χ4n) is 3.51. The lowest BCUT2D eigenvalue weighted by molar-refractivity contribution is -0.120. The van der Waals surface area contributed by atoms with Gasteiger partial charge in [-0.15, -0.1) is 11.3 Å². The number of nitrogens with one attached hydrogen (secondary N) is 2. The van der Waals surface area contributed by atoms with Crippen LogP contribution in [0.1, 0.15) is 30.5 Å². The lowest BCUT2D eigenvalue weighted by atomic mass is 10.1. The summed E-state index contributed by atoms with van der Waals surface area (Å²) in [7, 11) is -2.51.